The molecule has 0 aliphatic heterocycles. The maximum absolute atomic E-state index is 13.3. The Balaban J connectivity index is 1.97. The number of halogens is 1. The predicted octanol–water partition coefficient (Wildman–Crippen LogP) is 3.96. The molecule has 7 heteroatoms. The first kappa shape index (κ1) is 17.3. The summed E-state index contributed by atoms with van der Waals surface area (Å²) < 4.78 is 14.8. The molecule has 130 valence electrons. The number of thiophene rings is 1. The fraction of sp³-hybridized carbons (Fsp3) is 0.278. The molecular formula is C18H18FN3O2S. The third-order valence-corrected chi connectivity index (χ3v) is 5.16. The molecule has 0 atom stereocenters. The summed E-state index contributed by atoms with van der Waals surface area (Å²) in [5.41, 5.74) is 0.851. The molecule has 1 N–H and O–H groups in total. The number of aryl methyl sites for hydroxylation is 2. The Morgan fingerprint density at radius 1 is 1.40 bits per heavy atom. The molecule has 0 aliphatic rings. The zero-order valence-electron chi connectivity index (χ0n) is 14.0. The van der Waals surface area contributed by atoms with E-state index >= 15 is 0 Å². The number of fused-ring (bicyclic) bond motifs is 1. The van der Waals surface area contributed by atoms with Gasteiger partial charge in [-0.2, -0.15) is 0 Å². The lowest BCUT2D eigenvalue weighted by Crippen LogP contribution is -2.20. The summed E-state index contributed by atoms with van der Waals surface area (Å²) >= 11 is 1.17. The molecule has 0 spiro atoms. The maximum atomic E-state index is 13.3. The fourth-order valence-corrected chi connectivity index (χ4v) is 3.65. The van der Waals surface area contributed by atoms with Crippen molar-refractivity contribution in [3.05, 3.63) is 57.2 Å². The van der Waals surface area contributed by atoms with Crippen LogP contribution in [0.15, 0.2) is 35.4 Å². The van der Waals surface area contributed by atoms with Gasteiger partial charge >= 0.3 is 0 Å². The van der Waals surface area contributed by atoms with Gasteiger partial charge in [0.1, 0.15) is 10.6 Å². The van der Waals surface area contributed by atoms with Crippen LogP contribution in [0.2, 0.25) is 0 Å². The van der Waals surface area contributed by atoms with Gasteiger partial charge in [-0.25, -0.2) is 9.37 Å². The number of amides is 1. The number of anilines is 1. The van der Waals surface area contributed by atoms with Crippen molar-refractivity contribution in [3.63, 3.8) is 0 Å². The van der Waals surface area contributed by atoms with Gasteiger partial charge in [-0.05, 0) is 37.1 Å². The molecule has 3 rings (SSSR count). The van der Waals surface area contributed by atoms with E-state index in [9.17, 15) is 14.0 Å². The molecule has 1 aromatic carbocycles. The number of nitrogens with zero attached hydrogens (tertiary/aromatic N) is 2. The van der Waals surface area contributed by atoms with E-state index in [1.807, 2.05) is 0 Å². The molecule has 0 saturated carbocycles. The van der Waals surface area contributed by atoms with Crippen LogP contribution in [0.4, 0.5) is 10.1 Å². The Hall–Kier alpha value is -2.54. The number of benzene rings is 1. The molecule has 3 aromatic rings. The molecule has 25 heavy (non-hydrogen) atoms. The minimum Gasteiger partial charge on any atom is -0.321 e. The van der Waals surface area contributed by atoms with E-state index < -0.39 is 5.82 Å². The molecule has 1 amide bonds. The lowest BCUT2D eigenvalue weighted by atomic mass is 10.2. The zero-order chi connectivity index (χ0) is 18.0. The van der Waals surface area contributed by atoms with Gasteiger partial charge in [-0.1, -0.05) is 19.4 Å². The van der Waals surface area contributed by atoms with Crippen LogP contribution in [-0.2, 0) is 6.54 Å². The van der Waals surface area contributed by atoms with Crippen molar-refractivity contribution in [1.29, 1.82) is 0 Å². The summed E-state index contributed by atoms with van der Waals surface area (Å²) in [6, 6.07) is 5.69. The smallest absolute Gasteiger partial charge is 0.266 e. The van der Waals surface area contributed by atoms with Gasteiger partial charge in [-0.3, -0.25) is 14.2 Å². The van der Waals surface area contributed by atoms with E-state index in [1.54, 1.807) is 17.6 Å². The molecule has 5 nitrogen and oxygen atoms in total. The summed E-state index contributed by atoms with van der Waals surface area (Å²) in [5.74, 6) is -0.794. The average Bonchev–Trinajstić information content (AvgIpc) is 2.92. The van der Waals surface area contributed by atoms with Crippen LogP contribution in [0.5, 0.6) is 0 Å². The van der Waals surface area contributed by atoms with Crippen molar-refractivity contribution < 1.29 is 9.18 Å². The summed E-state index contributed by atoms with van der Waals surface area (Å²) in [5, 5.41) is 3.14. The van der Waals surface area contributed by atoms with Gasteiger partial charge in [-0.15, -0.1) is 11.3 Å². The summed E-state index contributed by atoms with van der Waals surface area (Å²) in [7, 11) is 0. The topological polar surface area (TPSA) is 64.0 Å². The van der Waals surface area contributed by atoms with Crippen LogP contribution in [0.3, 0.4) is 0 Å². The van der Waals surface area contributed by atoms with E-state index in [-0.39, 0.29) is 11.5 Å². The standard InChI is InChI=1S/C18H18FN3O2S/c1-3-4-8-22-10-20-17-14(18(22)24)11(2)15(25-17)16(23)21-13-7-5-6-12(19)9-13/h5-7,9-10H,3-4,8H2,1-2H3,(H,21,23). The molecule has 0 unspecified atom stereocenters. The quantitative estimate of drug-likeness (QED) is 0.750. The van der Waals surface area contributed by atoms with Crippen LogP contribution < -0.4 is 10.9 Å². The van der Waals surface area contributed by atoms with Crippen molar-refractivity contribution in [1.82, 2.24) is 9.55 Å². The molecule has 0 radical (unpaired) electrons. The van der Waals surface area contributed by atoms with Crippen LogP contribution in [0, 0.1) is 12.7 Å². The molecule has 2 heterocycles. The molecule has 2 aromatic heterocycles. The molecule has 0 fully saturated rings. The van der Waals surface area contributed by atoms with Crippen LogP contribution in [0.1, 0.15) is 35.0 Å². The summed E-state index contributed by atoms with van der Waals surface area (Å²) in [6.07, 6.45) is 3.40. The number of unbranched alkanes of at least 4 members (excludes halogenated alkanes) is 1. The highest BCUT2D eigenvalue weighted by Crippen LogP contribution is 2.27. The Morgan fingerprint density at radius 3 is 2.92 bits per heavy atom. The molecule has 0 bridgehead atoms. The van der Waals surface area contributed by atoms with E-state index in [4.69, 9.17) is 0 Å². The average molecular weight is 359 g/mol. The Labute approximate surface area is 148 Å². The largest absolute Gasteiger partial charge is 0.321 e. The zero-order valence-corrected chi connectivity index (χ0v) is 14.8. The highest BCUT2D eigenvalue weighted by atomic mass is 32.1. The van der Waals surface area contributed by atoms with Crippen molar-refractivity contribution >= 4 is 33.1 Å². The molecule has 0 aliphatic carbocycles. The van der Waals surface area contributed by atoms with Gasteiger partial charge in [0.15, 0.2) is 0 Å². The fourth-order valence-electron chi connectivity index (χ4n) is 2.62. The highest BCUT2D eigenvalue weighted by molar-refractivity contribution is 7.20. The number of aromatic nitrogens is 2. The normalized spacial score (nSPS) is 11.0. The predicted molar refractivity (Wildman–Crippen MR) is 97.9 cm³/mol. The SMILES string of the molecule is CCCCn1cnc2sc(C(=O)Nc3cccc(F)c3)c(C)c2c1=O. The van der Waals surface area contributed by atoms with Crippen LogP contribution in [-0.4, -0.2) is 15.5 Å². The maximum Gasteiger partial charge on any atom is 0.266 e. The minimum absolute atomic E-state index is 0.128. The van der Waals surface area contributed by atoms with E-state index in [0.717, 1.165) is 12.8 Å². The summed E-state index contributed by atoms with van der Waals surface area (Å²) in [4.78, 5) is 30.4. The monoisotopic (exact) mass is 359 g/mol. The second kappa shape index (κ2) is 7.14. The van der Waals surface area contributed by atoms with Crippen molar-refractivity contribution in [2.45, 2.75) is 33.2 Å². The Bertz CT molecular complexity index is 994. The van der Waals surface area contributed by atoms with Gasteiger partial charge in [0.2, 0.25) is 0 Å². The van der Waals surface area contributed by atoms with Gasteiger partial charge < -0.3 is 5.32 Å². The number of hydrogen-bond donors (Lipinski definition) is 1. The third kappa shape index (κ3) is 3.46. The first-order valence-electron chi connectivity index (χ1n) is 8.06. The van der Waals surface area contributed by atoms with E-state index in [0.29, 0.717) is 32.9 Å². The number of carbonyl (C=O) groups is 1. The van der Waals surface area contributed by atoms with Crippen molar-refractivity contribution in [3.8, 4) is 0 Å². The van der Waals surface area contributed by atoms with Gasteiger partial charge in [0.25, 0.3) is 11.5 Å². The van der Waals surface area contributed by atoms with Crippen molar-refractivity contribution in [2.75, 3.05) is 5.32 Å². The minimum atomic E-state index is -0.425. The van der Waals surface area contributed by atoms with Gasteiger partial charge in [0, 0.05) is 12.2 Å². The van der Waals surface area contributed by atoms with Gasteiger partial charge in [0.05, 0.1) is 16.6 Å². The lowest BCUT2D eigenvalue weighted by Gasteiger charge is -2.05. The number of carbonyl (C=O) groups excluding carboxylic acids is 1. The van der Waals surface area contributed by atoms with Crippen molar-refractivity contribution in [2.24, 2.45) is 0 Å². The second-order valence-electron chi connectivity index (χ2n) is 5.80. The lowest BCUT2D eigenvalue weighted by molar-refractivity contribution is 0.103. The van der Waals surface area contributed by atoms with Crippen LogP contribution in [0.25, 0.3) is 10.2 Å². The number of hydrogen-bond acceptors (Lipinski definition) is 4. The first-order chi connectivity index (χ1) is 12.0. The number of nitrogens with one attached hydrogen (secondary N) is 1. The third-order valence-electron chi connectivity index (χ3n) is 3.96. The van der Waals surface area contributed by atoms with Crippen LogP contribution >= 0.6 is 11.3 Å². The molecule has 0 saturated heterocycles. The van der Waals surface area contributed by atoms with E-state index in [2.05, 4.69) is 17.2 Å². The highest BCUT2D eigenvalue weighted by Gasteiger charge is 2.19. The Kier molecular flexibility index (Phi) is 4.94. The Morgan fingerprint density at radius 2 is 2.20 bits per heavy atom. The second-order valence-corrected chi connectivity index (χ2v) is 6.80. The number of rotatable bonds is 5. The first-order valence-corrected chi connectivity index (χ1v) is 8.88. The molecular weight excluding hydrogens is 341 g/mol. The summed E-state index contributed by atoms with van der Waals surface area (Å²) in [6.45, 7) is 4.41. The van der Waals surface area contributed by atoms with E-state index in [1.165, 1.54) is 35.9 Å².